The molecule has 0 bridgehead atoms. The van der Waals surface area contributed by atoms with E-state index < -0.39 is 0 Å². The van der Waals surface area contributed by atoms with Crippen molar-refractivity contribution in [1.29, 1.82) is 0 Å². The zero-order valence-electron chi connectivity index (χ0n) is 23.8. The fourth-order valence-corrected chi connectivity index (χ4v) is 4.83. The Morgan fingerprint density at radius 3 is 2.36 bits per heavy atom. The minimum absolute atomic E-state index is 0.132. The van der Waals surface area contributed by atoms with E-state index in [9.17, 15) is 4.79 Å². The molecule has 39 heavy (non-hydrogen) atoms. The first kappa shape index (κ1) is 28.4. The summed E-state index contributed by atoms with van der Waals surface area (Å²) in [5, 5.41) is 3.07. The molecule has 1 N–H and O–H groups in total. The van der Waals surface area contributed by atoms with E-state index in [0.717, 1.165) is 68.7 Å². The van der Waals surface area contributed by atoms with Crippen LogP contribution in [0.15, 0.2) is 78.9 Å². The monoisotopic (exact) mass is 525 g/mol. The van der Waals surface area contributed by atoms with E-state index in [2.05, 4.69) is 85.3 Å². The van der Waals surface area contributed by atoms with E-state index in [1.165, 1.54) is 16.6 Å². The molecule has 0 spiro atoms. The van der Waals surface area contributed by atoms with E-state index in [1.54, 1.807) is 0 Å². The topological polar surface area (TPSA) is 56.1 Å². The maximum atomic E-state index is 12.2. The number of nitrogens with one attached hydrogen (secondary N) is 1. The summed E-state index contributed by atoms with van der Waals surface area (Å²) in [7, 11) is 0. The first-order chi connectivity index (χ1) is 18.9. The van der Waals surface area contributed by atoms with Gasteiger partial charge in [-0.25, -0.2) is 4.98 Å². The number of hydrogen-bond acceptors (Lipinski definition) is 3. The van der Waals surface area contributed by atoms with Crippen molar-refractivity contribution < 1.29 is 9.53 Å². The zero-order valence-corrected chi connectivity index (χ0v) is 23.8. The smallest absolute Gasteiger partial charge is 0.220 e. The molecule has 0 unspecified atom stereocenters. The number of carbonyl (C=O) groups is 1. The number of hydrogen-bond donors (Lipinski definition) is 1. The zero-order chi connectivity index (χ0) is 27.5. The molecule has 206 valence electrons. The molecule has 0 aliphatic heterocycles. The number of rotatable bonds is 14. The van der Waals surface area contributed by atoms with Gasteiger partial charge in [0.1, 0.15) is 11.6 Å². The lowest BCUT2D eigenvalue weighted by Crippen LogP contribution is -2.24. The van der Waals surface area contributed by atoms with E-state index in [0.29, 0.717) is 13.0 Å². The van der Waals surface area contributed by atoms with Crippen LogP contribution >= 0.6 is 0 Å². The Balaban J connectivity index is 1.19. The van der Waals surface area contributed by atoms with Crippen molar-refractivity contribution in [3.05, 3.63) is 95.8 Å². The number of unbranched alkanes of at least 4 members (excludes halogenated alkanes) is 2. The van der Waals surface area contributed by atoms with Crippen LogP contribution in [0.1, 0.15) is 69.8 Å². The number of imidazole rings is 1. The Hall–Kier alpha value is -3.60. The third kappa shape index (κ3) is 8.71. The molecule has 5 nitrogen and oxygen atoms in total. The van der Waals surface area contributed by atoms with Crippen LogP contribution in [-0.4, -0.2) is 28.6 Å². The van der Waals surface area contributed by atoms with Crippen LogP contribution in [0.5, 0.6) is 5.75 Å². The van der Waals surface area contributed by atoms with Gasteiger partial charge in [-0.2, -0.15) is 0 Å². The number of amides is 1. The van der Waals surface area contributed by atoms with Crippen LogP contribution in [0.25, 0.3) is 11.0 Å². The average Bonchev–Trinajstić information content (AvgIpc) is 3.29. The Labute approximate surface area is 233 Å². The second-order valence-electron chi connectivity index (χ2n) is 11.3. The average molecular weight is 526 g/mol. The van der Waals surface area contributed by atoms with Crippen LogP contribution in [0, 0.1) is 0 Å². The number of aromatic nitrogens is 2. The fraction of sp³-hybridized carbons (Fsp3) is 0.412. The van der Waals surface area contributed by atoms with Crippen LogP contribution in [0.3, 0.4) is 0 Å². The van der Waals surface area contributed by atoms with E-state index >= 15 is 0 Å². The predicted molar refractivity (Wildman–Crippen MR) is 160 cm³/mol. The summed E-state index contributed by atoms with van der Waals surface area (Å²) in [4.78, 5) is 17.1. The Morgan fingerprint density at radius 1 is 0.846 bits per heavy atom. The van der Waals surface area contributed by atoms with Gasteiger partial charge in [0.25, 0.3) is 0 Å². The highest BCUT2D eigenvalue weighted by molar-refractivity contribution is 5.76. The highest BCUT2D eigenvalue weighted by Gasteiger charge is 2.13. The van der Waals surface area contributed by atoms with Crippen molar-refractivity contribution in [2.45, 2.75) is 77.7 Å². The summed E-state index contributed by atoms with van der Waals surface area (Å²) >= 11 is 0. The maximum absolute atomic E-state index is 12.2. The number of aryl methyl sites for hydroxylation is 3. The normalized spacial score (nSPS) is 11.6. The Bertz CT molecular complexity index is 1300. The largest absolute Gasteiger partial charge is 0.494 e. The van der Waals surface area contributed by atoms with Gasteiger partial charge in [-0.15, -0.1) is 0 Å². The predicted octanol–water partition coefficient (Wildman–Crippen LogP) is 7.26. The first-order valence-corrected chi connectivity index (χ1v) is 14.4. The van der Waals surface area contributed by atoms with Crippen molar-refractivity contribution in [3.63, 3.8) is 0 Å². The molecule has 3 aromatic carbocycles. The minimum Gasteiger partial charge on any atom is -0.494 e. The number of benzene rings is 3. The van der Waals surface area contributed by atoms with Gasteiger partial charge in [-0.1, -0.05) is 81.8 Å². The standard InChI is InChI=1S/C34H43N3O2/c1-34(2,3)28-19-21-29(22-20-28)39-26-12-25-37-31-16-10-9-15-30(31)36-32(37)17-8-5-11-24-35-33(38)23-18-27-13-6-4-7-14-27/h4,6-7,9-10,13-16,19-22H,5,8,11-12,17-18,23-26H2,1-3H3,(H,35,38). The highest BCUT2D eigenvalue weighted by Crippen LogP contribution is 2.24. The Kier molecular flexibility index (Phi) is 10.2. The Morgan fingerprint density at radius 2 is 1.59 bits per heavy atom. The fourth-order valence-electron chi connectivity index (χ4n) is 4.83. The minimum atomic E-state index is 0.132. The summed E-state index contributed by atoms with van der Waals surface area (Å²) in [6, 6.07) is 27.0. The van der Waals surface area contributed by atoms with Crippen LogP contribution in [0.2, 0.25) is 0 Å². The van der Waals surface area contributed by atoms with Gasteiger partial charge in [-0.05, 0) is 66.5 Å². The molecule has 0 saturated heterocycles. The van der Waals surface area contributed by atoms with Crippen LogP contribution in [0.4, 0.5) is 0 Å². The van der Waals surface area contributed by atoms with E-state index in [4.69, 9.17) is 9.72 Å². The van der Waals surface area contributed by atoms with Gasteiger partial charge < -0.3 is 14.6 Å². The molecular weight excluding hydrogens is 482 g/mol. The molecule has 1 heterocycles. The van der Waals surface area contributed by atoms with Gasteiger partial charge >= 0.3 is 0 Å². The summed E-state index contributed by atoms with van der Waals surface area (Å²) in [5.74, 6) is 2.19. The van der Waals surface area contributed by atoms with Crippen molar-refractivity contribution >= 4 is 16.9 Å². The van der Waals surface area contributed by atoms with E-state index in [1.807, 2.05) is 24.3 Å². The van der Waals surface area contributed by atoms with Gasteiger partial charge in [0.05, 0.1) is 17.6 Å². The first-order valence-electron chi connectivity index (χ1n) is 14.4. The molecule has 0 aliphatic rings. The van der Waals surface area contributed by atoms with Gasteiger partial charge in [-0.3, -0.25) is 4.79 Å². The third-order valence-electron chi connectivity index (χ3n) is 7.13. The molecule has 0 atom stereocenters. The highest BCUT2D eigenvalue weighted by atomic mass is 16.5. The number of para-hydroxylation sites is 2. The SMILES string of the molecule is CC(C)(C)c1ccc(OCCCn2c(CCCCCNC(=O)CCc3ccccc3)nc3ccccc32)cc1. The lowest BCUT2D eigenvalue weighted by molar-refractivity contribution is -0.121. The molecule has 4 aromatic rings. The quantitative estimate of drug-likeness (QED) is 0.176. The number of nitrogens with zero attached hydrogens (tertiary/aromatic N) is 2. The molecule has 0 fully saturated rings. The summed E-state index contributed by atoms with van der Waals surface area (Å²) in [5.41, 5.74) is 4.91. The second kappa shape index (κ2) is 14.0. The second-order valence-corrected chi connectivity index (χ2v) is 11.3. The number of fused-ring (bicyclic) bond motifs is 1. The molecular formula is C34H43N3O2. The van der Waals surface area contributed by atoms with Crippen LogP contribution < -0.4 is 10.1 Å². The molecule has 1 amide bonds. The molecule has 0 aliphatic carbocycles. The molecule has 0 radical (unpaired) electrons. The third-order valence-corrected chi connectivity index (χ3v) is 7.13. The summed E-state index contributed by atoms with van der Waals surface area (Å²) < 4.78 is 8.40. The molecule has 0 saturated carbocycles. The van der Waals surface area contributed by atoms with Crippen LogP contribution in [-0.2, 0) is 29.6 Å². The van der Waals surface area contributed by atoms with Crippen molar-refractivity contribution in [2.75, 3.05) is 13.2 Å². The number of carbonyl (C=O) groups excluding carboxylic acids is 1. The van der Waals surface area contributed by atoms with Gasteiger partial charge in [0, 0.05) is 25.9 Å². The van der Waals surface area contributed by atoms with Crippen molar-refractivity contribution in [1.82, 2.24) is 14.9 Å². The lowest BCUT2D eigenvalue weighted by atomic mass is 9.87. The summed E-state index contributed by atoms with van der Waals surface area (Å²) in [6.07, 6.45) is 6.29. The number of ether oxygens (including phenoxy) is 1. The molecule has 4 rings (SSSR count). The van der Waals surface area contributed by atoms with E-state index in [-0.39, 0.29) is 11.3 Å². The molecule has 5 heteroatoms. The summed E-state index contributed by atoms with van der Waals surface area (Å²) in [6.45, 7) is 8.96. The lowest BCUT2D eigenvalue weighted by Gasteiger charge is -2.19. The van der Waals surface area contributed by atoms with Gasteiger partial charge in [0.15, 0.2) is 0 Å². The van der Waals surface area contributed by atoms with Crippen molar-refractivity contribution in [2.24, 2.45) is 0 Å². The van der Waals surface area contributed by atoms with Gasteiger partial charge in [0.2, 0.25) is 5.91 Å². The molecule has 1 aromatic heterocycles. The maximum Gasteiger partial charge on any atom is 0.220 e. The van der Waals surface area contributed by atoms with Crippen molar-refractivity contribution in [3.8, 4) is 5.75 Å².